The summed E-state index contributed by atoms with van der Waals surface area (Å²) in [5, 5.41) is 8.49. The van der Waals surface area contributed by atoms with Gasteiger partial charge in [-0.05, 0) is 43.2 Å². The van der Waals surface area contributed by atoms with Gasteiger partial charge in [-0.3, -0.25) is 9.59 Å². The molecule has 0 fully saturated rings. The van der Waals surface area contributed by atoms with Crippen molar-refractivity contribution >= 4 is 23.2 Å². The number of ether oxygens (including phenoxy) is 2. The van der Waals surface area contributed by atoms with Gasteiger partial charge in [0.15, 0.2) is 11.5 Å². The van der Waals surface area contributed by atoms with Crippen molar-refractivity contribution in [1.82, 2.24) is 5.32 Å². The number of rotatable bonds is 7. The van der Waals surface area contributed by atoms with Crippen molar-refractivity contribution in [3.05, 3.63) is 53.6 Å². The van der Waals surface area contributed by atoms with Crippen LogP contribution in [0.3, 0.4) is 0 Å². The molecule has 1 N–H and O–H groups in total. The minimum Gasteiger partial charge on any atom is -0.493 e. The van der Waals surface area contributed by atoms with Crippen LogP contribution in [0.15, 0.2) is 47.6 Å². The predicted molar refractivity (Wildman–Crippen MR) is 112 cm³/mol. The van der Waals surface area contributed by atoms with E-state index in [9.17, 15) is 9.59 Å². The van der Waals surface area contributed by atoms with Gasteiger partial charge in [-0.25, -0.2) is 5.01 Å². The van der Waals surface area contributed by atoms with Gasteiger partial charge in [-0.15, -0.1) is 0 Å². The van der Waals surface area contributed by atoms with Gasteiger partial charge in [0.2, 0.25) is 5.91 Å². The first-order valence-corrected chi connectivity index (χ1v) is 9.48. The number of anilines is 1. The molecule has 0 aromatic heterocycles. The molecule has 1 aliphatic rings. The second-order valence-electron chi connectivity index (χ2n) is 6.78. The van der Waals surface area contributed by atoms with Crippen molar-refractivity contribution in [1.29, 1.82) is 0 Å². The molecule has 3 rings (SSSR count). The Hall–Kier alpha value is -3.35. The van der Waals surface area contributed by atoms with Gasteiger partial charge in [0.25, 0.3) is 5.91 Å². The molecule has 0 saturated carbocycles. The Balaban J connectivity index is 1.62. The molecule has 29 heavy (non-hydrogen) atoms. The molecule has 2 aromatic carbocycles. The van der Waals surface area contributed by atoms with Gasteiger partial charge in [0, 0.05) is 19.4 Å². The molecule has 0 radical (unpaired) electrons. The Kier molecular flexibility index (Phi) is 6.49. The van der Waals surface area contributed by atoms with Crippen LogP contribution in [-0.4, -0.2) is 38.3 Å². The van der Waals surface area contributed by atoms with E-state index >= 15 is 0 Å². The highest BCUT2D eigenvalue weighted by molar-refractivity contribution is 6.40. The summed E-state index contributed by atoms with van der Waals surface area (Å²) in [5.41, 5.74) is 3.13. The fraction of sp³-hybridized carbons (Fsp3) is 0.318. The number of carbonyl (C=O) groups excluding carboxylic acids is 2. The highest BCUT2D eigenvalue weighted by Crippen LogP contribution is 2.27. The lowest BCUT2D eigenvalue weighted by atomic mass is 10.1. The molecule has 1 heterocycles. The first kappa shape index (κ1) is 20.4. The molecule has 0 saturated heterocycles. The summed E-state index contributed by atoms with van der Waals surface area (Å²) in [5.74, 6) is 0.948. The molecular formula is C22H25N3O4. The Morgan fingerprint density at radius 1 is 1.07 bits per heavy atom. The molecule has 152 valence electrons. The van der Waals surface area contributed by atoms with Crippen LogP contribution in [0.5, 0.6) is 11.5 Å². The fourth-order valence-electron chi connectivity index (χ4n) is 3.06. The summed E-state index contributed by atoms with van der Waals surface area (Å²) in [6.07, 6.45) is 1.24. The van der Waals surface area contributed by atoms with Crippen molar-refractivity contribution in [2.75, 3.05) is 25.8 Å². The standard InChI is InChI=1S/C22H25N3O4/c1-15-4-7-17(8-5-15)25-21(26)11-9-18(24-25)22(27)23-13-12-16-6-10-19(28-2)20(14-16)29-3/h4-8,10,14H,9,11-13H2,1-3H3,(H,23,27). The van der Waals surface area contributed by atoms with Crippen molar-refractivity contribution in [2.24, 2.45) is 5.10 Å². The molecule has 1 aliphatic heterocycles. The van der Waals surface area contributed by atoms with Crippen LogP contribution in [0.2, 0.25) is 0 Å². The topological polar surface area (TPSA) is 80.2 Å². The maximum absolute atomic E-state index is 12.5. The van der Waals surface area contributed by atoms with E-state index < -0.39 is 0 Å². The second-order valence-corrected chi connectivity index (χ2v) is 6.78. The molecule has 0 bridgehead atoms. The maximum Gasteiger partial charge on any atom is 0.267 e. The Morgan fingerprint density at radius 2 is 1.79 bits per heavy atom. The van der Waals surface area contributed by atoms with Crippen molar-refractivity contribution < 1.29 is 19.1 Å². The summed E-state index contributed by atoms with van der Waals surface area (Å²) < 4.78 is 10.5. The number of nitrogens with zero attached hydrogens (tertiary/aromatic N) is 2. The van der Waals surface area contributed by atoms with Gasteiger partial charge in [-0.1, -0.05) is 23.8 Å². The lowest BCUT2D eigenvalue weighted by Gasteiger charge is -2.23. The van der Waals surface area contributed by atoms with Gasteiger partial charge >= 0.3 is 0 Å². The Morgan fingerprint density at radius 3 is 2.48 bits per heavy atom. The number of amides is 2. The number of carbonyl (C=O) groups is 2. The van der Waals surface area contributed by atoms with Gasteiger partial charge in [0.1, 0.15) is 5.71 Å². The minimum absolute atomic E-state index is 0.115. The summed E-state index contributed by atoms with van der Waals surface area (Å²) in [4.78, 5) is 24.7. The summed E-state index contributed by atoms with van der Waals surface area (Å²) >= 11 is 0. The third kappa shape index (κ3) is 4.93. The Bertz CT molecular complexity index is 922. The number of methoxy groups -OCH3 is 2. The SMILES string of the molecule is COc1ccc(CCNC(=O)C2=NN(c3ccc(C)cc3)C(=O)CC2)cc1OC. The van der Waals surface area contributed by atoms with Crippen molar-refractivity contribution in [3.8, 4) is 11.5 Å². The summed E-state index contributed by atoms with van der Waals surface area (Å²) in [6.45, 7) is 2.42. The van der Waals surface area contributed by atoms with Crippen LogP contribution in [0.25, 0.3) is 0 Å². The molecule has 2 aromatic rings. The third-order valence-electron chi connectivity index (χ3n) is 4.72. The van der Waals surface area contributed by atoms with E-state index in [1.165, 1.54) is 5.01 Å². The number of hydrogen-bond acceptors (Lipinski definition) is 5. The third-order valence-corrected chi connectivity index (χ3v) is 4.72. The van der Waals surface area contributed by atoms with Crippen LogP contribution < -0.4 is 19.8 Å². The largest absolute Gasteiger partial charge is 0.493 e. The minimum atomic E-state index is -0.255. The zero-order valence-corrected chi connectivity index (χ0v) is 16.9. The average molecular weight is 395 g/mol. The first-order valence-electron chi connectivity index (χ1n) is 9.48. The van der Waals surface area contributed by atoms with E-state index in [-0.39, 0.29) is 18.2 Å². The number of nitrogens with one attached hydrogen (secondary N) is 1. The maximum atomic E-state index is 12.5. The molecular weight excluding hydrogens is 370 g/mol. The number of benzene rings is 2. The molecule has 7 nitrogen and oxygen atoms in total. The van der Waals surface area contributed by atoms with Crippen LogP contribution in [-0.2, 0) is 16.0 Å². The lowest BCUT2D eigenvalue weighted by molar-refractivity contribution is -0.118. The highest BCUT2D eigenvalue weighted by Gasteiger charge is 2.25. The fourth-order valence-corrected chi connectivity index (χ4v) is 3.06. The predicted octanol–water partition coefficient (Wildman–Crippen LogP) is 2.85. The van der Waals surface area contributed by atoms with Crippen LogP contribution in [0.4, 0.5) is 5.69 Å². The van der Waals surface area contributed by atoms with E-state index in [0.717, 1.165) is 11.1 Å². The lowest BCUT2D eigenvalue weighted by Crippen LogP contribution is -2.39. The van der Waals surface area contributed by atoms with E-state index in [1.807, 2.05) is 49.4 Å². The number of hydrogen-bond donors (Lipinski definition) is 1. The number of hydrazone groups is 1. The van der Waals surface area contributed by atoms with Crippen LogP contribution >= 0.6 is 0 Å². The molecule has 0 spiro atoms. The second kappa shape index (κ2) is 9.23. The average Bonchev–Trinajstić information content (AvgIpc) is 2.74. The van der Waals surface area contributed by atoms with Crippen LogP contribution in [0, 0.1) is 6.92 Å². The normalized spacial score (nSPS) is 13.7. The zero-order valence-electron chi connectivity index (χ0n) is 16.9. The summed E-state index contributed by atoms with van der Waals surface area (Å²) in [6, 6.07) is 13.1. The van der Waals surface area contributed by atoms with Gasteiger partial charge in [-0.2, -0.15) is 5.10 Å². The number of aryl methyl sites for hydroxylation is 1. The van der Waals surface area contributed by atoms with E-state index in [2.05, 4.69) is 10.4 Å². The quantitative estimate of drug-likeness (QED) is 0.782. The van der Waals surface area contributed by atoms with Gasteiger partial charge < -0.3 is 14.8 Å². The van der Waals surface area contributed by atoms with Crippen LogP contribution in [0.1, 0.15) is 24.0 Å². The molecule has 0 aliphatic carbocycles. The zero-order chi connectivity index (χ0) is 20.8. The molecule has 0 atom stereocenters. The summed E-state index contributed by atoms with van der Waals surface area (Å²) in [7, 11) is 3.18. The monoisotopic (exact) mass is 395 g/mol. The van der Waals surface area contributed by atoms with Crippen molar-refractivity contribution in [3.63, 3.8) is 0 Å². The highest BCUT2D eigenvalue weighted by atomic mass is 16.5. The Labute approximate surface area is 170 Å². The smallest absolute Gasteiger partial charge is 0.267 e. The van der Waals surface area contributed by atoms with E-state index in [4.69, 9.17) is 9.47 Å². The molecule has 0 unspecified atom stereocenters. The van der Waals surface area contributed by atoms with Crippen molar-refractivity contribution in [2.45, 2.75) is 26.2 Å². The van der Waals surface area contributed by atoms with E-state index in [0.29, 0.717) is 42.3 Å². The van der Waals surface area contributed by atoms with E-state index in [1.54, 1.807) is 14.2 Å². The first-order chi connectivity index (χ1) is 14.0. The van der Waals surface area contributed by atoms with Gasteiger partial charge in [0.05, 0.1) is 19.9 Å². The molecule has 7 heteroatoms. The molecule has 2 amide bonds.